The lowest BCUT2D eigenvalue weighted by Crippen LogP contribution is -2.39. The van der Waals surface area contributed by atoms with Crippen molar-refractivity contribution in [1.29, 1.82) is 0 Å². The van der Waals surface area contributed by atoms with E-state index in [-0.39, 0.29) is 19.0 Å². The van der Waals surface area contributed by atoms with E-state index < -0.39 is 24.5 Å². The SMILES string of the molecule is CCCN(CC(N)=O)c1ccc2c(c1)OCCn1c-2nc(N2C(=O)OCC2C(F)F)c1C. The molecule has 0 bridgehead atoms. The number of imidazole rings is 1. The molecule has 0 spiro atoms. The maximum Gasteiger partial charge on any atom is 0.416 e. The molecule has 2 aliphatic heterocycles. The molecule has 2 aliphatic rings. The highest BCUT2D eigenvalue weighted by atomic mass is 19.3. The molecule has 2 N–H and O–H groups in total. The minimum absolute atomic E-state index is 0.0800. The van der Waals surface area contributed by atoms with E-state index in [1.54, 1.807) is 6.92 Å². The Balaban J connectivity index is 1.75. The van der Waals surface area contributed by atoms with Gasteiger partial charge in [-0.05, 0) is 25.5 Å². The zero-order valence-corrected chi connectivity index (χ0v) is 17.9. The molecule has 0 aliphatic carbocycles. The summed E-state index contributed by atoms with van der Waals surface area (Å²) in [7, 11) is 0. The molecule has 32 heavy (non-hydrogen) atoms. The van der Waals surface area contributed by atoms with Crippen LogP contribution in [0.3, 0.4) is 0 Å². The molecular formula is C21H25F2N5O4. The first-order valence-corrected chi connectivity index (χ1v) is 10.4. The summed E-state index contributed by atoms with van der Waals surface area (Å²) in [6.07, 6.45) is -2.76. The second kappa shape index (κ2) is 8.64. The normalized spacial score (nSPS) is 17.5. The molecule has 0 saturated carbocycles. The first kappa shape index (κ1) is 21.8. The van der Waals surface area contributed by atoms with Gasteiger partial charge in [-0.1, -0.05) is 6.92 Å². The maximum absolute atomic E-state index is 13.5. The fraction of sp³-hybridized carbons (Fsp3) is 0.476. The molecule has 1 saturated heterocycles. The van der Waals surface area contributed by atoms with Gasteiger partial charge in [0.1, 0.15) is 30.8 Å². The third-order valence-corrected chi connectivity index (χ3v) is 5.60. The Morgan fingerprint density at radius 2 is 2.16 bits per heavy atom. The van der Waals surface area contributed by atoms with Crippen LogP contribution in [0.2, 0.25) is 0 Å². The number of rotatable bonds is 7. The van der Waals surface area contributed by atoms with Gasteiger partial charge in [0.15, 0.2) is 5.82 Å². The monoisotopic (exact) mass is 449 g/mol. The first-order chi connectivity index (χ1) is 15.3. The van der Waals surface area contributed by atoms with Crippen LogP contribution >= 0.6 is 0 Å². The summed E-state index contributed by atoms with van der Waals surface area (Å²) in [6.45, 7) is 4.84. The van der Waals surface area contributed by atoms with E-state index in [1.807, 2.05) is 34.6 Å². The third kappa shape index (κ3) is 3.82. The summed E-state index contributed by atoms with van der Waals surface area (Å²) in [5.74, 6) is 0.793. The van der Waals surface area contributed by atoms with Gasteiger partial charge in [0.2, 0.25) is 5.91 Å². The lowest BCUT2D eigenvalue weighted by molar-refractivity contribution is -0.116. The Morgan fingerprint density at radius 3 is 2.84 bits per heavy atom. The van der Waals surface area contributed by atoms with Crippen LogP contribution in [0.1, 0.15) is 19.0 Å². The number of aromatic nitrogens is 2. The van der Waals surface area contributed by atoms with Gasteiger partial charge in [-0.25, -0.2) is 23.5 Å². The number of nitrogens with zero attached hydrogens (tertiary/aromatic N) is 4. The highest BCUT2D eigenvalue weighted by Gasteiger charge is 2.43. The fourth-order valence-corrected chi connectivity index (χ4v) is 4.11. The highest BCUT2D eigenvalue weighted by molar-refractivity contribution is 5.90. The molecular weight excluding hydrogens is 424 g/mol. The zero-order chi connectivity index (χ0) is 23.0. The van der Waals surface area contributed by atoms with Gasteiger partial charge in [0.25, 0.3) is 6.43 Å². The third-order valence-electron chi connectivity index (χ3n) is 5.60. The van der Waals surface area contributed by atoms with Crippen molar-refractivity contribution < 1.29 is 27.8 Å². The van der Waals surface area contributed by atoms with Gasteiger partial charge in [-0.3, -0.25) is 4.79 Å². The van der Waals surface area contributed by atoms with Crippen LogP contribution in [-0.2, 0) is 16.1 Å². The molecule has 2 aromatic rings. The van der Waals surface area contributed by atoms with Crippen molar-refractivity contribution in [3.8, 4) is 17.1 Å². The quantitative estimate of drug-likeness (QED) is 0.697. The Hall–Kier alpha value is -3.37. The summed E-state index contributed by atoms with van der Waals surface area (Å²) < 4.78 is 39.6. The Bertz CT molecular complexity index is 1040. The van der Waals surface area contributed by atoms with Crippen LogP contribution in [-0.4, -0.2) is 60.3 Å². The van der Waals surface area contributed by atoms with Gasteiger partial charge in [0.05, 0.1) is 24.3 Å². The van der Waals surface area contributed by atoms with E-state index in [4.69, 9.17) is 15.2 Å². The summed E-state index contributed by atoms with van der Waals surface area (Å²) >= 11 is 0. The van der Waals surface area contributed by atoms with Crippen molar-refractivity contribution >= 4 is 23.5 Å². The number of alkyl halides is 2. The number of carbonyl (C=O) groups excluding carboxylic acids is 2. The Labute approximate surface area is 183 Å². The minimum Gasteiger partial charge on any atom is -0.491 e. The number of fused-ring (bicyclic) bond motifs is 3. The largest absolute Gasteiger partial charge is 0.491 e. The minimum atomic E-state index is -2.75. The van der Waals surface area contributed by atoms with Gasteiger partial charge in [-0.2, -0.15) is 0 Å². The summed E-state index contributed by atoms with van der Waals surface area (Å²) in [5, 5.41) is 0. The number of anilines is 2. The smallest absolute Gasteiger partial charge is 0.416 e. The van der Waals surface area contributed by atoms with Crippen molar-refractivity contribution in [2.24, 2.45) is 5.73 Å². The Kier molecular flexibility index (Phi) is 5.90. The number of benzene rings is 1. The fourth-order valence-electron chi connectivity index (χ4n) is 4.11. The van der Waals surface area contributed by atoms with Gasteiger partial charge in [0, 0.05) is 18.3 Å². The van der Waals surface area contributed by atoms with Crippen molar-refractivity contribution in [3.05, 3.63) is 23.9 Å². The van der Waals surface area contributed by atoms with Gasteiger partial charge < -0.3 is 24.7 Å². The molecule has 3 heterocycles. The number of hydrogen-bond acceptors (Lipinski definition) is 6. The number of amides is 2. The van der Waals surface area contributed by atoms with Crippen molar-refractivity contribution in [1.82, 2.24) is 9.55 Å². The van der Waals surface area contributed by atoms with E-state index in [2.05, 4.69) is 4.98 Å². The second-order valence-electron chi connectivity index (χ2n) is 7.76. The molecule has 0 radical (unpaired) electrons. The molecule has 9 nitrogen and oxygen atoms in total. The van der Waals surface area contributed by atoms with Crippen LogP contribution in [0.15, 0.2) is 18.2 Å². The lowest BCUT2D eigenvalue weighted by atomic mass is 10.1. The molecule has 1 aromatic heterocycles. The van der Waals surface area contributed by atoms with Crippen molar-refractivity contribution in [2.75, 3.05) is 36.1 Å². The molecule has 1 unspecified atom stereocenters. The zero-order valence-electron chi connectivity index (χ0n) is 17.9. The lowest BCUT2D eigenvalue weighted by Gasteiger charge is -2.23. The number of cyclic esters (lactones) is 1. The average molecular weight is 449 g/mol. The van der Waals surface area contributed by atoms with Gasteiger partial charge in [-0.15, -0.1) is 0 Å². The van der Waals surface area contributed by atoms with Crippen LogP contribution in [0, 0.1) is 6.92 Å². The molecule has 1 fully saturated rings. The predicted octanol–water partition coefficient (Wildman–Crippen LogP) is 2.54. The molecule has 1 atom stereocenters. The second-order valence-corrected chi connectivity index (χ2v) is 7.76. The van der Waals surface area contributed by atoms with Crippen LogP contribution in [0.4, 0.5) is 25.1 Å². The molecule has 172 valence electrons. The summed E-state index contributed by atoms with van der Waals surface area (Å²) in [5.41, 5.74) is 7.41. The van der Waals surface area contributed by atoms with Gasteiger partial charge >= 0.3 is 6.09 Å². The molecule has 4 rings (SSSR count). The average Bonchev–Trinajstić information content (AvgIpc) is 3.21. The first-order valence-electron chi connectivity index (χ1n) is 10.4. The van der Waals surface area contributed by atoms with Crippen LogP contribution < -0.4 is 20.3 Å². The highest BCUT2D eigenvalue weighted by Crippen LogP contribution is 2.39. The van der Waals surface area contributed by atoms with E-state index >= 15 is 0 Å². The predicted molar refractivity (Wildman–Crippen MR) is 113 cm³/mol. The van der Waals surface area contributed by atoms with Crippen LogP contribution in [0.25, 0.3) is 11.4 Å². The van der Waals surface area contributed by atoms with Crippen LogP contribution in [0.5, 0.6) is 5.75 Å². The maximum atomic E-state index is 13.5. The van der Waals surface area contributed by atoms with E-state index in [0.29, 0.717) is 42.5 Å². The summed E-state index contributed by atoms with van der Waals surface area (Å²) in [6, 6.07) is 4.09. The van der Waals surface area contributed by atoms with E-state index in [9.17, 15) is 18.4 Å². The van der Waals surface area contributed by atoms with Crippen molar-refractivity contribution in [3.63, 3.8) is 0 Å². The number of ether oxygens (including phenoxy) is 2. The molecule has 2 amide bonds. The number of halogens is 2. The topological polar surface area (TPSA) is 103 Å². The number of nitrogens with two attached hydrogens (primary N) is 1. The number of primary amides is 1. The molecule has 11 heteroatoms. The Morgan fingerprint density at radius 1 is 1.38 bits per heavy atom. The summed E-state index contributed by atoms with van der Waals surface area (Å²) in [4.78, 5) is 31.0. The van der Waals surface area contributed by atoms with E-state index in [1.165, 1.54) is 0 Å². The van der Waals surface area contributed by atoms with Crippen molar-refractivity contribution in [2.45, 2.75) is 39.3 Å². The number of carbonyl (C=O) groups is 2. The van der Waals surface area contributed by atoms with E-state index in [0.717, 1.165) is 17.0 Å². The number of hydrogen-bond donors (Lipinski definition) is 1. The molecule has 1 aromatic carbocycles. The standard InChI is InChI=1S/C21H25F2N5O4/c1-3-6-26(10-17(24)29)13-4-5-14-16(9-13)31-8-7-27-12(2)19(25-20(14)27)28-15(18(22)23)11-32-21(28)30/h4-5,9,15,18H,3,6-8,10-11H2,1-2H3,(H2,24,29).